The van der Waals surface area contributed by atoms with Crippen LogP contribution < -0.4 is 0 Å². The molecule has 26 heavy (non-hydrogen) atoms. The monoisotopic (exact) mass is 372 g/mol. The zero-order valence-electron chi connectivity index (χ0n) is 17.3. The molecular formula is C21H42NO4+. The Labute approximate surface area is 160 Å². The SMILES string of the molecule is CCCCCCCCCCCCCCCCC(C(=O)O)[N+](C)(C)C(=O)O. The number of hydrogen-bond acceptors (Lipinski definition) is 2. The van der Waals surface area contributed by atoms with E-state index in [2.05, 4.69) is 6.92 Å². The van der Waals surface area contributed by atoms with Crippen LogP contribution in [0, 0.1) is 0 Å². The number of aliphatic carboxylic acids is 1. The summed E-state index contributed by atoms with van der Waals surface area (Å²) in [5, 5.41) is 18.5. The molecule has 0 aromatic rings. The van der Waals surface area contributed by atoms with Crippen molar-refractivity contribution in [3.63, 3.8) is 0 Å². The minimum atomic E-state index is -1.09. The Bertz CT molecular complexity index is 382. The minimum absolute atomic E-state index is 0.423. The number of carboxylic acid groups (broad SMARTS) is 2. The molecule has 0 rings (SSSR count). The molecule has 0 radical (unpaired) electrons. The zero-order valence-corrected chi connectivity index (χ0v) is 17.3. The van der Waals surface area contributed by atoms with Gasteiger partial charge in [0.05, 0.1) is 14.1 Å². The molecule has 0 aromatic heterocycles. The van der Waals surface area contributed by atoms with Gasteiger partial charge in [-0.25, -0.2) is 9.28 Å². The second kappa shape index (κ2) is 15.0. The molecule has 5 nitrogen and oxygen atoms in total. The van der Waals surface area contributed by atoms with Crippen LogP contribution in [0.25, 0.3) is 0 Å². The fourth-order valence-corrected chi connectivity index (χ4v) is 3.39. The summed E-state index contributed by atoms with van der Waals surface area (Å²) < 4.78 is -0.506. The number of amides is 1. The van der Waals surface area contributed by atoms with Crippen LogP contribution in [0.4, 0.5) is 4.79 Å². The number of rotatable bonds is 17. The van der Waals surface area contributed by atoms with Gasteiger partial charge in [-0.3, -0.25) is 0 Å². The molecule has 0 bridgehead atoms. The Balaban J connectivity index is 3.57. The molecule has 0 aliphatic carbocycles. The summed E-state index contributed by atoms with van der Waals surface area (Å²) in [6, 6.07) is -0.871. The second-order valence-electron chi connectivity index (χ2n) is 8.06. The first-order valence-corrected chi connectivity index (χ1v) is 10.6. The molecule has 154 valence electrons. The number of carbonyl (C=O) groups is 2. The van der Waals surface area contributed by atoms with Crippen LogP contribution >= 0.6 is 0 Å². The van der Waals surface area contributed by atoms with Crippen molar-refractivity contribution >= 4 is 12.1 Å². The van der Waals surface area contributed by atoms with E-state index >= 15 is 0 Å². The Morgan fingerprint density at radius 1 is 0.692 bits per heavy atom. The van der Waals surface area contributed by atoms with Gasteiger partial charge in [0, 0.05) is 6.42 Å². The smallest absolute Gasteiger partial charge is 0.477 e. The summed E-state index contributed by atoms with van der Waals surface area (Å²) in [4.78, 5) is 22.6. The summed E-state index contributed by atoms with van der Waals surface area (Å²) in [5.74, 6) is -1.02. The zero-order chi connectivity index (χ0) is 19.8. The van der Waals surface area contributed by atoms with Crippen molar-refractivity contribution in [1.82, 2.24) is 0 Å². The number of unbranched alkanes of at least 4 members (excludes halogenated alkanes) is 13. The average Bonchev–Trinajstić information content (AvgIpc) is 2.57. The van der Waals surface area contributed by atoms with Gasteiger partial charge in [0.1, 0.15) is 0 Å². The van der Waals surface area contributed by atoms with E-state index in [-0.39, 0.29) is 0 Å². The minimum Gasteiger partial charge on any atom is -0.477 e. The lowest BCUT2D eigenvalue weighted by atomic mass is 10.0. The number of nitrogens with zero attached hydrogens (tertiary/aromatic N) is 1. The Kier molecular flexibility index (Phi) is 14.4. The lowest BCUT2D eigenvalue weighted by Crippen LogP contribution is -2.56. The van der Waals surface area contributed by atoms with E-state index in [0.29, 0.717) is 6.42 Å². The maximum absolute atomic E-state index is 11.3. The van der Waals surface area contributed by atoms with Gasteiger partial charge in [-0.05, 0) is 6.42 Å². The first-order chi connectivity index (χ1) is 12.3. The van der Waals surface area contributed by atoms with Gasteiger partial charge in [0.25, 0.3) is 0 Å². The molecule has 2 N–H and O–H groups in total. The third-order valence-electron chi connectivity index (χ3n) is 5.39. The van der Waals surface area contributed by atoms with Crippen LogP contribution in [0.3, 0.4) is 0 Å². The Morgan fingerprint density at radius 3 is 1.35 bits per heavy atom. The van der Waals surface area contributed by atoms with Crippen molar-refractivity contribution in [1.29, 1.82) is 0 Å². The van der Waals surface area contributed by atoms with Crippen molar-refractivity contribution in [2.75, 3.05) is 14.1 Å². The highest BCUT2D eigenvalue weighted by Crippen LogP contribution is 2.17. The lowest BCUT2D eigenvalue weighted by molar-refractivity contribution is -0.834. The number of carboxylic acids is 1. The van der Waals surface area contributed by atoms with Crippen LogP contribution in [0.5, 0.6) is 0 Å². The first-order valence-electron chi connectivity index (χ1n) is 10.6. The van der Waals surface area contributed by atoms with E-state index in [4.69, 9.17) is 0 Å². The highest BCUT2D eigenvalue weighted by atomic mass is 16.4. The van der Waals surface area contributed by atoms with Crippen molar-refractivity contribution in [3.05, 3.63) is 0 Å². The maximum Gasteiger partial charge on any atom is 0.513 e. The summed E-state index contributed by atoms with van der Waals surface area (Å²) in [5.41, 5.74) is 0. The van der Waals surface area contributed by atoms with Gasteiger partial charge in [-0.1, -0.05) is 90.4 Å². The molecule has 0 spiro atoms. The van der Waals surface area contributed by atoms with Crippen LogP contribution in [0.2, 0.25) is 0 Å². The van der Waals surface area contributed by atoms with E-state index in [1.54, 1.807) is 0 Å². The Hall–Kier alpha value is -1.10. The quantitative estimate of drug-likeness (QED) is 0.240. The number of quaternary nitrogens is 1. The lowest BCUT2D eigenvalue weighted by Gasteiger charge is -2.29. The third-order valence-corrected chi connectivity index (χ3v) is 5.39. The van der Waals surface area contributed by atoms with Crippen molar-refractivity contribution in [2.45, 2.75) is 109 Å². The number of hydrogen-bond donors (Lipinski definition) is 2. The van der Waals surface area contributed by atoms with E-state index in [0.717, 1.165) is 19.3 Å². The molecule has 0 aliphatic heterocycles. The van der Waals surface area contributed by atoms with Gasteiger partial charge in [0.15, 0.2) is 6.04 Å². The highest BCUT2D eigenvalue weighted by molar-refractivity contribution is 5.74. The molecule has 0 aliphatic rings. The fourth-order valence-electron chi connectivity index (χ4n) is 3.39. The molecule has 0 heterocycles. The fraction of sp³-hybridized carbons (Fsp3) is 0.905. The van der Waals surface area contributed by atoms with Gasteiger partial charge < -0.3 is 10.2 Å². The van der Waals surface area contributed by atoms with Crippen molar-refractivity contribution in [3.8, 4) is 0 Å². The molecule has 0 aromatic carbocycles. The standard InChI is InChI=1S/C21H41NO4/c1-4-5-6-7-8-9-10-11-12-13-14-15-16-17-18-19(20(23)24)22(2,3)21(25)26/h19H,4-18H2,1-3H3,(H-,23,24,25,26)/p+1. The van der Waals surface area contributed by atoms with E-state index in [9.17, 15) is 19.8 Å². The highest BCUT2D eigenvalue weighted by Gasteiger charge is 2.40. The van der Waals surface area contributed by atoms with Gasteiger partial charge in [0.2, 0.25) is 0 Å². The molecule has 1 atom stereocenters. The molecule has 0 saturated carbocycles. The average molecular weight is 373 g/mol. The summed E-state index contributed by atoms with van der Waals surface area (Å²) >= 11 is 0. The van der Waals surface area contributed by atoms with Gasteiger partial charge in [-0.15, -0.1) is 0 Å². The normalized spacial score (nSPS) is 12.9. The third kappa shape index (κ3) is 11.5. The predicted octanol–water partition coefficient (Wildman–Crippen LogP) is 6.07. The van der Waals surface area contributed by atoms with Crippen LogP contribution in [-0.2, 0) is 4.79 Å². The van der Waals surface area contributed by atoms with E-state index in [1.165, 1.54) is 84.7 Å². The molecule has 1 amide bonds. The first kappa shape index (κ1) is 24.9. The van der Waals surface area contributed by atoms with Crippen LogP contribution in [0.15, 0.2) is 0 Å². The molecule has 0 fully saturated rings. The van der Waals surface area contributed by atoms with E-state index in [1.807, 2.05) is 0 Å². The summed E-state index contributed by atoms with van der Waals surface area (Å²) in [6.07, 6.45) is 16.9. The Morgan fingerprint density at radius 2 is 1.04 bits per heavy atom. The van der Waals surface area contributed by atoms with Gasteiger partial charge in [-0.2, -0.15) is 4.79 Å². The molecule has 0 saturated heterocycles. The van der Waals surface area contributed by atoms with Crippen LogP contribution in [0.1, 0.15) is 103 Å². The summed E-state index contributed by atoms with van der Waals surface area (Å²) in [6.45, 7) is 2.25. The molecule has 5 heteroatoms. The summed E-state index contributed by atoms with van der Waals surface area (Å²) in [7, 11) is 2.90. The van der Waals surface area contributed by atoms with E-state index < -0.39 is 22.6 Å². The number of likely N-dealkylation sites (N-methyl/N-ethyl adjacent to an activating group) is 1. The maximum atomic E-state index is 11.3. The molecule has 1 unspecified atom stereocenters. The predicted molar refractivity (Wildman–Crippen MR) is 106 cm³/mol. The largest absolute Gasteiger partial charge is 0.513 e. The van der Waals surface area contributed by atoms with Crippen molar-refractivity contribution < 1.29 is 24.3 Å². The second-order valence-corrected chi connectivity index (χ2v) is 8.06. The molecular weight excluding hydrogens is 330 g/mol. The van der Waals surface area contributed by atoms with Crippen molar-refractivity contribution in [2.24, 2.45) is 0 Å². The van der Waals surface area contributed by atoms with Gasteiger partial charge >= 0.3 is 12.1 Å². The van der Waals surface area contributed by atoms with Crippen LogP contribution in [-0.4, -0.2) is 46.9 Å². The topological polar surface area (TPSA) is 74.6 Å².